The zero-order chi connectivity index (χ0) is 27.1. The van der Waals surface area contributed by atoms with Crippen LogP contribution < -0.4 is 0 Å². The van der Waals surface area contributed by atoms with Crippen LogP contribution in [-0.4, -0.2) is 47.5 Å². The highest BCUT2D eigenvalue weighted by atomic mass is 16.3. The molecule has 1 saturated heterocycles. The predicted octanol–water partition coefficient (Wildman–Crippen LogP) is 7.46. The number of nitrogens with zero attached hydrogens (tertiary/aromatic N) is 1. The Bertz CT molecular complexity index is 923. The van der Waals surface area contributed by atoms with E-state index in [-0.39, 0.29) is 16.9 Å². The van der Waals surface area contributed by atoms with Crippen LogP contribution in [0.5, 0.6) is 0 Å². The summed E-state index contributed by atoms with van der Waals surface area (Å²) in [5.74, 6) is 3.28. The zero-order valence-corrected chi connectivity index (χ0v) is 25.5. The van der Waals surface area contributed by atoms with Crippen LogP contribution in [0.1, 0.15) is 118 Å². The number of likely N-dealkylation sites (tertiary alicyclic amines) is 1. The first kappa shape index (κ1) is 27.8. The molecule has 0 spiro atoms. The van der Waals surface area contributed by atoms with Crippen molar-refractivity contribution in [3.63, 3.8) is 0 Å². The molecule has 1 aliphatic heterocycles. The summed E-state index contributed by atoms with van der Waals surface area (Å²) in [5.41, 5.74) is 2.66. The van der Waals surface area contributed by atoms with Crippen molar-refractivity contribution in [2.24, 2.45) is 56.7 Å². The van der Waals surface area contributed by atoms with Crippen molar-refractivity contribution >= 4 is 0 Å². The molecular weight excluding hydrogens is 466 g/mol. The van der Waals surface area contributed by atoms with Gasteiger partial charge in [-0.3, -0.25) is 4.90 Å². The number of aliphatic hydroxyl groups is 2. The molecule has 3 heteroatoms. The molecule has 3 nitrogen and oxygen atoms in total. The van der Waals surface area contributed by atoms with Gasteiger partial charge in [-0.1, -0.05) is 53.2 Å². The molecule has 6 aliphatic rings. The lowest BCUT2D eigenvalue weighted by Crippen LogP contribution is -2.66. The summed E-state index contributed by atoms with van der Waals surface area (Å²) in [7, 11) is 0. The van der Waals surface area contributed by atoms with Crippen LogP contribution in [0.3, 0.4) is 0 Å². The van der Waals surface area contributed by atoms with Crippen LogP contribution in [0.15, 0.2) is 12.2 Å². The van der Waals surface area contributed by atoms with E-state index in [0.717, 1.165) is 18.9 Å². The maximum absolute atomic E-state index is 11.0. The van der Waals surface area contributed by atoms with Crippen LogP contribution in [0, 0.1) is 56.7 Å². The van der Waals surface area contributed by atoms with Gasteiger partial charge in [0.2, 0.25) is 0 Å². The fourth-order valence-electron chi connectivity index (χ4n) is 13.0. The molecule has 0 bridgehead atoms. The second kappa shape index (κ2) is 9.32. The molecule has 6 rings (SSSR count). The molecule has 1 heterocycles. The summed E-state index contributed by atoms with van der Waals surface area (Å²) < 4.78 is 0. The Morgan fingerprint density at radius 3 is 2.24 bits per heavy atom. The molecule has 1 unspecified atom stereocenters. The topological polar surface area (TPSA) is 43.7 Å². The fourth-order valence-corrected chi connectivity index (χ4v) is 13.0. The lowest BCUT2D eigenvalue weighted by Gasteiger charge is -2.73. The minimum Gasteiger partial charge on any atom is -0.396 e. The van der Waals surface area contributed by atoms with Crippen molar-refractivity contribution < 1.29 is 10.2 Å². The molecular formula is C35H59NO2. The van der Waals surface area contributed by atoms with E-state index >= 15 is 0 Å². The number of fused-ring (bicyclic) bond motifs is 7. The van der Waals surface area contributed by atoms with Crippen molar-refractivity contribution in [2.75, 3.05) is 26.2 Å². The van der Waals surface area contributed by atoms with Gasteiger partial charge < -0.3 is 10.2 Å². The van der Waals surface area contributed by atoms with Gasteiger partial charge in [0.1, 0.15) is 0 Å². The zero-order valence-electron chi connectivity index (χ0n) is 25.5. The monoisotopic (exact) mass is 525 g/mol. The Labute approximate surface area is 234 Å². The predicted molar refractivity (Wildman–Crippen MR) is 157 cm³/mol. The number of hydrogen-bond acceptors (Lipinski definition) is 3. The molecule has 6 fully saturated rings. The lowest BCUT2D eigenvalue weighted by molar-refractivity contribution is -0.249. The second-order valence-corrected chi connectivity index (χ2v) is 16.7. The minimum absolute atomic E-state index is 0.0213. The molecule has 216 valence electrons. The Morgan fingerprint density at radius 2 is 1.53 bits per heavy atom. The van der Waals surface area contributed by atoms with Crippen molar-refractivity contribution in [2.45, 2.75) is 124 Å². The van der Waals surface area contributed by atoms with E-state index in [1.165, 1.54) is 95.7 Å². The van der Waals surface area contributed by atoms with E-state index in [9.17, 15) is 10.2 Å². The number of piperidine rings is 1. The van der Waals surface area contributed by atoms with E-state index < -0.39 is 0 Å². The molecule has 0 aromatic heterocycles. The first-order chi connectivity index (χ1) is 17.9. The van der Waals surface area contributed by atoms with Crippen molar-refractivity contribution in [1.29, 1.82) is 0 Å². The molecule has 10 atom stereocenters. The summed E-state index contributed by atoms with van der Waals surface area (Å²) in [4.78, 5) is 2.67. The van der Waals surface area contributed by atoms with E-state index in [1.807, 2.05) is 0 Å². The van der Waals surface area contributed by atoms with Crippen LogP contribution in [0.2, 0.25) is 0 Å². The third-order valence-corrected chi connectivity index (χ3v) is 15.3. The second-order valence-electron chi connectivity index (χ2n) is 16.7. The quantitative estimate of drug-likeness (QED) is 0.374. The maximum atomic E-state index is 11.0. The first-order valence-electron chi connectivity index (χ1n) is 16.6. The largest absolute Gasteiger partial charge is 0.396 e. The van der Waals surface area contributed by atoms with Gasteiger partial charge in [-0.15, -0.1) is 0 Å². The van der Waals surface area contributed by atoms with E-state index in [4.69, 9.17) is 6.58 Å². The van der Waals surface area contributed by atoms with Crippen LogP contribution >= 0.6 is 0 Å². The molecule has 0 radical (unpaired) electrons. The fraction of sp³-hybridized carbons (Fsp3) is 0.943. The Morgan fingerprint density at radius 1 is 0.789 bits per heavy atom. The Kier molecular flexibility index (Phi) is 6.81. The Hall–Kier alpha value is -0.380. The Balaban J connectivity index is 1.31. The molecule has 2 N–H and O–H groups in total. The number of hydrogen-bond donors (Lipinski definition) is 2. The third-order valence-electron chi connectivity index (χ3n) is 15.3. The minimum atomic E-state index is -0.151. The maximum Gasteiger partial charge on any atom is 0.0594 e. The van der Waals surface area contributed by atoms with E-state index in [2.05, 4.69) is 39.5 Å². The van der Waals surface area contributed by atoms with Crippen molar-refractivity contribution in [3.8, 4) is 0 Å². The van der Waals surface area contributed by atoms with Gasteiger partial charge in [-0.2, -0.15) is 0 Å². The molecule has 5 aliphatic carbocycles. The van der Waals surface area contributed by atoms with Gasteiger partial charge in [0.05, 0.1) is 6.10 Å². The van der Waals surface area contributed by atoms with Crippen molar-refractivity contribution in [3.05, 3.63) is 12.2 Å². The SMILES string of the molecule is C=C(CN1CCCCC1)[C@@H]1CC[C@]2(CO)CC[C@]3(C)[C@H](CC[C@@H]4[C@@]5(C)CCC(O)C(C)(C)[C@@H]5CC[C@]43C)[C@@H]12. The van der Waals surface area contributed by atoms with Crippen LogP contribution in [0.4, 0.5) is 0 Å². The lowest BCUT2D eigenvalue weighted by atomic mass is 9.32. The average molecular weight is 526 g/mol. The standard InChI is InChI=1S/C35H59NO2/c1-24(22-36-20-8-7-9-21-36)25-12-17-35(23-37)19-18-33(5)26(30(25)35)10-11-28-32(4)15-14-29(38)31(2,3)27(32)13-16-34(28,33)6/h25-30,37-38H,1,7-23H2,2-6H3/t25-,26+,27-,28+,29?,30+,32-,33+,34+,35+/m0/s1. The van der Waals surface area contributed by atoms with Gasteiger partial charge in [0, 0.05) is 13.2 Å². The van der Waals surface area contributed by atoms with E-state index in [0.29, 0.717) is 46.5 Å². The normalized spacial score (nSPS) is 52.4. The highest BCUT2D eigenvalue weighted by Gasteiger charge is 2.70. The van der Waals surface area contributed by atoms with E-state index in [1.54, 1.807) is 0 Å². The molecule has 38 heavy (non-hydrogen) atoms. The molecule has 0 aromatic carbocycles. The van der Waals surface area contributed by atoms with Crippen LogP contribution in [-0.2, 0) is 0 Å². The van der Waals surface area contributed by atoms with Gasteiger partial charge in [-0.25, -0.2) is 0 Å². The van der Waals surface area contributed by atoms with Gasteiger partial charge >= 0.3 is 0 Å². The summed E-state index contributed by atoms with van der Waals surface area (Å²) in [6.45, 7) is 21.5. The highest BCUT2D eigenvalue weighted by Crippen LogP contribution is 2.77. The van der Waals surface area contributed by atoms with Crippen molar-refractivity contribution in [1.82, 2.24) is 4.90 Å². The van der Waals surface area contributed by atoms with Gasteiger partial charge in [0.15, 0.2) is 0 Å². The third kappa shape index (κ3) is 3.69. The molecule has 0 aromatic rings. The van der Waals surface area contributed by atoms with Crippen LogP contribution in [0.25, 0.3) is 0 Å². The number of aliphatic hydroxyl groups excluding tert-OH is 2. The summed E-state index contributed by atoms with van der Waals surface area (Å²) in [5, 5.41) is 22.0. The summed E-state index contributed by atoms with van der Waals surface area (Å²) in [6.07, 6.45) is 16.3. The highest BCUT2D eigenvalue weighted by molar-refractivity contribution is 5.22. The van der Waals surface area contributed by atoms with Gasteiger partial charge in [0.25, 0.3) is 0 Å². The van der Waals surface area contributed by atoms with Gasteiger partial charge in [-0.05, 0) is 147 Å². The molecule has 0 amide bonds. The average Bonchev–Trinajstić information content (AvgIpc) is 3.28. The summed E-state index contributed by atoms with van der Waals surface area (Å²) >= 11 is 0. The smallest absolute Gasteiger partial charge is 0.0594 e. The molecule has 5 saturated carbocycles. The summed E-state index contributed by atoms with van der Waals surface area (Å²) in [6, 6.07) is 0. The number of rotatable bonds is 4. The first-order valence-corrected chi connectivity index (χ1v) is 16.6.